The number of aryl methyl sites for hydroxylation is 1. The predicted molar refractivity (Wildman–Crippen MR) is 215 cm³/mol. The van der Waals surface area contributed by atoms with Crippen LogP contribution in [0.15, 0.2) is 133 Å². The molecule has 0 aliphatic heterocycles. The molecule has 0 N–H and O–H groups in total. The Morgan fingerprint density at radius 1 is 0.750 bits per heavy atom. The monoisotopic (exact) mass is 738 g/mol. The lowest BCUT2D eigenvalue weighted by Crippen LogP contribution is -2.09. The Balaban J connectivity index is 1.17. The van der Waals surface area contributed by atoms with E-state index >= 15 is 0 Å². The van der Waals surface area contributed by atoms with Gasteiger partial charge in [-0.05, 0) is 91.6 Å². The molecule has 0 fully saturated rings. The molecule has 7 nitrogen and oxygen atoms in total. The van der Waals surface area contributed by atoms with Crippen LogP contribution in [0.1, 0.15) is 25.0 Å². The van der Waals surface area contributed by atoms with Crippen LogP contribution in [0.2, 0.25) is 0 Å². The van der Waals surface area contributed by atoms with Crippen molar-refractivity contribution in [3.63, 3.8) is 0 Å². The van der Waals surface area contributed by atoms with Crippen LogP contribution in [-0.4, -0.2) is 22.0 Å². The predicted octanol–water partition coefficient (Wildman–Crippen LogP) is 12.7. The van der Waals surface area contributed by atoms with E-state index in [1.165, 1.54) is 22.2 Å². The molecular weight excluding hydrogens is 704 g/mol. The van der Waals surface area contributed by atoms with Crippen LogP contribution in [0, 0.1) is 18.3 Å². The standard InChI is InChI=1S/C42H35N4O3PS2/c1-4-48-50(47,49-5-2)36(28-43)27-30-16-18-31(19-17-30)37-24-25-38(41-40(37)44-52-45-41)39-26-29(3)42(51-39)32-20-22-35(23-21-32)46(33-12-8-6-9-13-33)34-14-10-7-11-15-34/h6-27H,4-5H2,1-3H3/b36-27-. The van der Waals surface area contributed by atoms with Gasteiger partial charge in [0, 0.05) is 37.9 Å². The molecule has 2 aromatic heterocycles. The van der Waals surface area contributed by atoms with Crippen LogP contribution in [0.4, 0.5) is 17.1 Å². The number of rotatable bonds is 12. The summed E-state index contributed by atoms with van der Waals surface area (Å²) in [5.74, 6) is 0. The molecule has 0 radical (unpaired) electrons. The topological polar surface area (TPSA) is 88.3 Å². The van der Waals surface area contributed by atoms with Gasteiger partial charge >= 0.3 is 7.60 Å². The number of nitrogens with zero attached hydrogens (tertiary/aromatic N) is 4. The first-order valence-corrected chi connectivity index (χ1v) is 20.0. The molecule has 0 saturated carbocycles. The van der Waals surface area contributed by atoms with Crippen LogP contribution >= 0.6 is 30.7 Å². The van der Waals surface area contributed by atoms with E-state index in [4.69, 9.17) is 17.8 Å². The molecule has 258 valence electrons. The Bertz CT molecular complexity index is 2390. The molecule has 0 aliphatic carbocycles. The van der Waals surface area contributed by atoms with E-state index in [2.05, 4.69) is 103 Å². The normalized spacial score (nSPS) is 11.8. The van der Waals surface area contributed by atoms with Crippen LogP contribution in [0.25, 0.3) is 49.1 Å². The van der Waals surface area contributed by atoms with Gasteiger partial charge in [0.05, 0.1) is 24.9 Å². The first-order chi connectivity index (χ1) is 25.4. The van der Waals surface area contributed by atoms with Crippen LogP contribution < -0.4 is 4.90 Å². The zero-order chi connectivity index (χ0) is 36.1. The maximum atomic E-state index is 13.2. The summed E-state index contributed by atoms with van der Waals surface area (Å²) in [5.41, 5.74) is 11.0. The Hall–Kier alpha value is -5.20. The molecule has 0 spiro atoms. The summed E-state index contributed by atoms with van der Waals surface area (Å²) in [5, 5.41) is 9.73. The molecule has 0 bridgehead atoms. The highest BCUT2D eigenvalue weighted by Crippen LogP contribution is 2.56. The third-order valence-corrected chi connectivity index (χ3v) is 12.4. The van der Waals surface area contributed by atoms with E-state index in [1.807, 2.05) is 42.5 Å². The number of hydrogen-bond donors (Lipinski definition) is 0. The largest absolute Gasteiger partial charge is 0.371 e. The fraction of sp³-hybridized carbons (Fsp3) is 0.119. The van der Waals surface area contributed by atoms with Crippen molar-refractivity contribution in [3.05, 3.63) is 144 Å². The van der Waals surface area contributed by atoms with Gasteiger partial charge in [0.2, 0.25) is 0 Å². The fourth-order valence-electron chi connectivity index (χ4n) is 6.17. The average Bonchev–Trinajstić information content (AvgIpc) is 3.83. The third kappa shape index (κ3) is 7.13. The summed E-state index contributed by atoms with van der Waals surface area (Å²) in [6, 6.07) is 45.8. The van der Waals surface area contributed by atoms with E-state index in [9.17, 15) is 9.83 Å². The maximum Gasteiger partial charge on any atom is 0.371 e. The van der Waals surface area contributed by atoms with E-state index in [0.717, 1.165) is 55.2 Å². The Morgan fingerprint density at radius 3 is 1.87 bits per heavy atom. The quantitative estimate of drug-likeness (QED) is 0.0910. The minimum absolute atomic E-state index is 0.0257. The Labute approximate surface area is 311 Å². The fourth-order valence-corrected chi connectivity index (χ4v) is 9.41. The molecule has 10 heteroatoms. The number of anilines is 3. The van der Waals surface area contributed by atoms with Crippen LogP contribution in [-0.2, 0) is 13.6 Å². The lowest BCUT2D eigenvalue weighted by atomic mass is 9.99. The molecule has 0 atom stereocenters. The lowest BCUT2D eigenvalue weighted by Gasteiger charge is -2.25. The Kier molecular flexibility index (Phi) is 10.6. The minimum Gasteiger partial charge on any atom is -0.311 e. The number of benzene rings is 5. The summed E-state index contributed by atoms with van der Waals surface area (Å²) in [6.45, 7) is 5.94. The van der Waals surface area contributed by atoms with E-state index in [1.54, 1.807) is 31.3 Å². The molecule has 0 unspecified atom stereocenters. The highest BCUT2D eigenvalue weighted by atomic mass is 32.1. The zero-order valence-electron chi connectivity index (χ0n) is 28.9. The van der Waals surface area contributed by atoms with Crippen molar-refractivity contribution in [2.24, 2.45) is 0 Å². The summed E-state index contributed by atoms with van der Waals surface area (Å²) in [6.07, 6.45) is 1.56. The molecule has 0 aliphatic rings. The first-order valence-electron chi connectivity index (χ1n) is 16.9. The molecular formula is C42H35N4O3PS2. The maximum absolute atomic E-state index is 13.2. The Morgan fingerprint density at radius 2 is 1.29 bits per heavy atom. The molecule has 7 rings (SSSR count). The minimum atomic E-state index is -3.69. The molecule has 2 heterocycles. The van der Waals surface area contributed by atoms with Gasteiger partial charge in [-0.15, -0.1) is 11.3 Å². The molecule has 7 aromatic rings. The second kappa shape index (κ2) is 15.6. The lowest BCUT2D eigenvalue weighted by molar-refractivity contribution is 0.227. The van der Waals surface area contributed by atoms with Crippen molar-refractivity contribution in [1.29, 1.82) is 5.26 Å². The summed E-state index contributed by atoms with van der Waals surface area (Å²) in [4.78, 5) is 4.61. The number of thiophene rings is 1. The van der Waals surface area contributed by atoms with Gasteiger partial charge in [0.15, 0.2) is 0 Å². The van der Waals surface area contributed by atoms with Gasteiger partial charge in [0.1, 0.15) is 22.4 Å². The van der Waals surface area contributed by atoms with Gasteiger partial charge < -0.3 is 13.9 Å². The van der Waals surface area contributed by atoms with Crippen molar-refractivity contribution in [2.75, 3.05) is 18.1 Å². The molecule has 52 heavy (non-hydrogen) atoms. The SMILES string of the molecule is CCOP(=O)(OCC)/C(C#N)=C\c1ccc(-c2ccc(-c3cc(C)c(-c4ccc(N(c5ccccc5)c5ccccc5)cc4)s3)c3nsnc23)cc1. The highest BCUT2D eigenvalue weighted by Gasteiger charge is 2.30. The average molecular weight is 739 g/mol. The molecule has 0 saturated heterocycles. The van der Waals surface area contributed by atoms with Crippen molar-refractivity contribution in [2.45, 2.75) is 20.8 Å². The molecule has 0 amide bonds. The van der Waals surface area contributed by atoms with Crippen molar-refractivity contribution < 1.29 is 13.6 Å². The van der Waals surface area contributed by atoms with E-state index in [-0.39, 0.29) is 18.5 Å². The number of hydrogen-bond acceptors (Lipinski definition) is 9. The number of aromatic nitrogens is 2. The van der Waals surface area contributed by atoms with Gasteiger partial charge in [-0.25, -0.2) is 0 Å². The van der Waals surface area contributed by atoms with Gasteiger partial charge in [0.25, 0.3) is 0 Å². The van der Waals surface area contributed by atoms with Gasteiger partial charge in [-0.1, -0.05) is 84.9 Å². The highest BCUT2D eigenvalue weighted by molar-refractivity contribution is 7.59. The smallest absolute Gasteiger partial charge is 0.311 e. The number of fused-ring (bicyclic) bond motifs is 1. The first kappa shape index (κ1) is 35.2. The van der Waals surface area contributed by atoms with E-state index in [0.29, 0.717) is 5.56 Å². The van der Waals surface area contributed by atoms with Gasteiger partial charge in [-0.2, -0.15) is 14.0 Å². The van der Waals surface area contributed by atoms with Crippen molar-refractivity contribution >= 4 is 64.8 Å². The second-order valence-electron chi connectivity index (χ2n) is 11.9. The molecule has 5 aromatic carbocycles. The number of para-hydroxylation sites is 2. The summed E-state index contributed by atoms with van der Waals surface area (Å²) >= 11 is 2.96. The summed E-state index contributed by atoms with van der Waals surface area (Å²) in [7, 11) is -3.69. The van der Waals surface area contributed by atoms with Crippen LogP contribution in [0.3, 0.4) is 0 Å². The number of nitriles is 1. The van der Waals surface area contributed by atoms with Gasteiger partial charge in [-0.3, -0.25) is 4.57 Å². The van der Waals surface area contributed by atoms with E-state index < -0.39 is 7.60 Å². The number of allylic oxidation sites excluding steroid dienone is 1. The summed E-state index contributed by atoms with van der Waals surface area (Å²) < 4.78 is 33.4. The van der Waals surface area contributed by atoms with Crippen molar-refractivity contribution in [3.8, 4) is 38.1 Å². The third-order valence-electron chi connectivity index (χ3n) is 8.55. The van der Waals surface area contributed by atoms with Crippen molar-refractivity contribution in [1.82, 2.24) is 8.75 Å². The second-order valence-corrected chi connectivity index (χ2v) is 15.5. The zero-order valence-corrected chi connectivity index (χ0v) is 31.4. The van der Waals surface area contributed by atoms with Crippen LogP contribution in [0.5, 0.6) is 0 Å².